The molecule has 0 unspecified atom stereocenters. The van der Waals surface area contributed by atoms with E-state index in [1.165, 1.54) is 0 Å². The monoisotopic (exact) mass is 363 g/mol. The van der Waals surface area contributed by atoms with Crippen LogP contribution in [0.4, 0.5) is 5.69 Å². The molecule has 3 N–H and O–H groups in total. The standard InChI is InChI=1S/C23H25NO3/c1-18(25)16-27-22-14-8-13-21(15-22)24-17-23(26,19-9-4-2-5-10-19)20-11-6-3-7-12-20/h2-15,18,24-26H,16-17H2,1H3/t18-/m0/s1. The fourth-order valence-corrected chi connectivity index (χ4v) is 2.94. The highest BCUT2D eigenvalue weighted by Crippen LogP contribution is 2.30. The van der Waals surface area contributed by atoms with Crippen molar-refractivity contribution in [3.63, 3.8) is 0 Å². The lowest BCUT2D eigenvalue weighted by Crippen LogP contribution is -2.35. The van der Waals surface area contributed by atoms with Crippen LogP contribution in [0.1, 0.15) is 18.1 Å². The molecule has 0 heterocycles. The Labute approximate surface area is 160 Å². The predicted octanol–water partition coefficient (Wildman–Crippen LogP) is 3.79. The van der Waals surface area contributed by atoms with Crippen LogP contribution in [0, 0.1) is 0 Å². The molecular weight excluding hydrogens is 338 g/mol. The Morgan fingerprint density at radius 1 is 0.889 bits per heavy atom. The number of aliphatic hydroxyl groups is 2. The van der Waals surface area contributed by atoms with E-state index in [1.807, 2.05) is 84.9 Å². The van der Waals surface area contributed by atoms with E-state index in [0.717, 1.165) is 16.8 Å². The van der Waals surface area contributed by atoms with E-state index in [2.05, 4.69) is 5.32 Å². The third kappa shape index (κ3) is 4.88. The smallest absolute Gasteiger partial charge is 0.132 e. The number of nitrogens with one attached hydrogen (secondary N) is 1. The quantitative estimate of drug-likeness (QED) is 0.570. The van der Waals surface area contributed by atoms with Gasteiger partial charge in [-0.25, -0.2) is 0 Å². The zero-order chi connectivity index (χ0) is 19.1. The van der Waals surface area contributed by atoms with Crippen LogP contribution in [0.5, 0.6) is 5.75 Å². The lowest BCUT2D eigenvalue weighted by atomic mass is 9.86. The van der Waals surface area contributed by atoms with Gasteiger partial charge in [0.2, 0.25) is 0 Å². The Hall–Kier alpha value is -2.82. The lowest BCUT2D eigenvalue weighted by molar-refractivity contribution is 0.0950. The summed E-state index contributed by atoms with van der Waals surface area (Å²) in [6.07, 6.45) is -0.525. The number of rotatable bonds is 8. The Balaban J connectivity index is 1.81. The SMILES string of the molecule is C[C@H](O)COc1cccc(NCC(O)(c2ccccc2)c2ccccc2)c1. The summed E-state index contributed by atoms with van der Waals surface area (Å²) in [5.41, 5.74) is 1.32. The molecule has 0 bridgehead atoms. The maximum Gasteiger partial charge on any atom is 0.132 e. The number of ether oxygens (including phenoxy) is 1. The van der Waals surface area contributed by atoms with Crippen LogP contribution in [-0.2, 0) is 5.60 Å². The Bertz CT molecular complexity index is 795. The second-order valence-electron chi connectivity index (χ2n) is 6.63. The zero-order valence-corrected chi connectivity index (χ0v) is 15.4. The summed E-state index contributed by atoms with van der Waals surface area (Å²) in [6.45, 7) is 2.23. The van der Waals surface area contributed by atoms with Gasteiger partial charge in [0.1, 0.15) is 18.0 Å². The molecule has 1 atom stereocenters. The first-order valence-corrected chi connectivity index (χ1v) is 9.06. The fraction of sp³-hybridized carbons (Fsp3) is 0.217. The van der Waals surface area contributed by atoms with Crippen LogP contribution in [-0.4, -0.2) is 29.5 Å². The number of benzene rings is 3. The van der Waals surface area contributed by atoms with E-state index >= 15 is 0 Å². The summed E-state index contributed by atoms with van der Waals surface area (Å²) in [7, 11) is 0. The molecule has 4 heteroatoms. The molecule has 0 amide bonds. The molecule has 3 rings (SSSR count). The van der Waals surface area contributed by atoms with E-state index in [-0.39, 0.29) is 6.61 Å². The van der Waals surface area contributed by atoms with Gasteiger partial charge in [0.25, 0.3) is 0 Å². The van der Waals surface area contributed by atoms with Gasteiger partial charge in [-0.05, 0) is 30.2 Å². The molecule has 0 fully saturated rings. The average Bonchev–Trinajstić information content (AvgIpc) is 2.72. The molecule has 0 aliphatic carbocycles. The topological polar surface area (TPSA) is 61.7 Å². The van der Waals surface area contributed by atoms with Gasteiger partial charge in [0, 0.05) is 11.8 Å². The second kappa shape index (κ2) is 8.71. The normalized spacial score (nSPS) is 12.4. The van der Waals surface area contributed by atoms with Gasteiger partial charge in [-0.2, -0.15) is 0 Å². The highest BCUT2D eigenvalue weighted by Gasteiger charge is 2.31. The maximum atomic E-state index is 11.5. The van der Waals surface area contributed by atoms with E-state index < -0.39 is 11.7 Å². The Morgan fingerprint density at radius 2 is 1.48 bits per heavy atom. The van der Waals surface area contributed by atoms with Gasteiger partial charge in [-0.1, -0.05) is 66.7 Å². The molecule has 0 saturated carbocycles. The van der Waals surface area contributed by atoms with Gasteiger partial charge < -0.3 is 20.3 Å². The third-order valence-electron chi connectivity index (χ3n) is 4.38. The summed E-state index contributed by atoms with van der Waals surface area (Å²) >= 11 is 0. The molecule has 0 saturated heterocycles. The van der Waals surface area contributed by atoms with Gasteiger partial charge in [-0.15, -0.1) is 0 Å². The molecule has 0 spiro atoms. The number of anilines is 1. The molecule has 3 aromatic rings. The minimum atomic E-state index is -1.17. The van der Waals surface area contributed by atoms with Crippen molar-refractivity contribution < 1.29 is 14.9 Å². The minimum absolute atomic E-state index is 0.238. The maximum absolute atomic E-state index is 11.5. The van der Waals surface area contributed by atoms with E-state index in [4.69, 9.17) is 4.74 Å². The van der Waals surface area contributed by atoms with Crippen molar-refractivity contribution in [1.29, 1.82) is 0 Å². The Kier molecular flexibility index (Phi) is 6.12. The largest absolute Gasteiger partial charge is 0.491 e. The second-order valence-corrected chi connectivity index (χ2v) is 6.63. The van der Waals surface area contributed by atoms with Crippen molar-refractivity contribution in [3.8, 4) is 5.75 Å². The zero-order valence-electron chi connectivity index (χ0n) is 15.4. The van der Waals surface area contributed by atoms with E-state index in [0.29, 0.717) is 12.3 Å². The molecule has 0 aliphatic rings. The van der Waals surface area contributed by atoms with E-state index in [9.17, 15) is 10.2 Å². The molecule has 0 radical (unpaired) electrons. The van der Waals surface area contributed by atoms with Crippen molar-refractivity contribution in [2.75, 3.05) is 18.5 Å². The fourth-order valence-electron chi connectivity index (χ4n) is 2.94. The van der Waals surface area contributed by atoms with Crippen LogP contribution in [0.2, 0.25) is 0 Å². The summed E-state index contributed by atoms with van der Waals surface area (Å²) in [6, 6.07) is 26.8. The summed E-state index contributed by atoms with van der Waals surface area (Å²) in [4.78, 5) is 0. The molecular formula is C23H25NO3. The Morgan fingerprint density at radius 3 is 2.04 bits per heavy atom. The number of hydrogen-bond donors (Lipinski definition) is 3. The molecule has 3 aromatic carbocycles. The summed E-state index contributed by atoms with van der Waals surface area (Å²) in [5.74, 6) is 0.670. The van der Waals surface area contributed by atoms with E-state index in [1.54, 1.807) is 6.92 Å². The van der Waals surface area contributed by atoms with Crippen LogP contribution >= 0.6 is 0 Å². The van der Waals surface area contributed by atoms with Gasteiger partial charge in [0.15, 0.2) is 0 Å². The highest BCUT2D eigenvalue weighted by molar-refractivity contribution is 5.50. The average molecular weight is 363 g/mol. The number of aliphatic hydroxyl groups excluding tert-OH is 1. The van der Waals surface area contributed by atoms with Crippen LogP contribution in [0.3, 0.4) is 0 Å². The van der Waals surface area contributed by atoms with Crippen molar-refractivity contribution in [1.82, 2.24) is 0 Å². The van der Waals surface area contributed by atoms with Crippen molar-refractivity contribution in [2.45, 2.75) is 18.6 Å². The molecule has 140 valence electrons. The lowest BCUT2D eigenvalue weighted by Gasteiger charge is -2.30. The van der Waals surface area contributed by atoms with Crippen molar-refractivity contribution in [3.05, 3.63) is 96.1 Å². The number of hydrogen-bond acceptors (Lipinski definition) is 4. The summed E-state index contributed by atoms with van der Waals surface area (Å²) in [5, 5.41) is 24.2. The minimum Gasteiger partial charge on any atom is -0.491 e. The predicted molar refractivity (Wildman–Crippen MR) is 108 cm³/mol. The van der Waals surface area contributed by atoms with Crippen LogP contribution in [0.25, 0.3) is 0 Å². The van der Waals surface area contributed by atoms with Gasteiger partial charge >= 0.3 is 0 Å². The summed E-state index contributed by atoms with van der Waals surface area (Å²) < 4.78 is 5.56. The van der Waals surface area contributed by atoms with Crippen LogP contribution in [0.15, 0.2) is 84.9 Å². The van der Waals surface area contributed by atoms with Crippen LogP contribution < -0.4 is 10.1 Å². The van der Waals surface area contributed by atoms with Crippen molar-refractivity contribution in [2.24, 2.45) is 0 Å². The van der Waals surface area contributed by atoms with Crippen molar-refractivity contribution >= 4 is 5.69 Å². The molecule has 4 nitrogen and oxygen atoms in total. The highest BCUT2D eigenvalue weighted by atomic mass is 16.5. The molecule has 27 heavy (non-hydrogen) atoms. The molecule has 0 aromatic heterocycles. The third-order valence-corrected chi connectivity index (χ3v) is 4.38. The molecule has 0 aliphatic heterocycles. The first-order valence-electron chi connectivity index (χ1n) is 9.06. The van der Waals surface area contributed by atoms with Gasteiger partial charge in [-0.3, -0.25) is 0 Å². The first kappa shape index (κ1) is 19.0. The first-order chi connectivity index (χ1) is 13.1. The van der Waals surface area contributed by atoms with Gasteiger partial charge in [0.05, 0.1) is 12.6 Å².